The number of benzene rings is 1. The Bertz CT molecular complexity index is 382. The number of non-ortho nitro benzene ring substituents is 1. The van der Waals surface area contributed by atoms with Crippen LogP contribution in [-0.2, 0) is 0 Å². The second-order valence-electron chi connectivity index (χ2n) is 3.76. The fourth-order valence-corrected chi connectivity index (χ4v) is 1.87. The topological polar surface area (TPSA) is 55.2 Å². The zero-order valence-corrected chi connectivity index (χ0v) is 11.0. The van der Waals surface area contributed by atoms with Gasteiger partial charge in [-0.3, -0.25) is 10.1 Å². The summed E-state index contributed by atoms with van der Waals surface area (Å²) in [5, 5.41) is 13.9. The maximum absolute atomic E-state index is 10.6. The van der Waals surface area contributed by atoms with Gasteiger partial charge in [0.05, 0.1) is 10.6 Å². The summed E-state index contributed by atoms with van der Waals surface area (Å²) in [6.45, 7) is 4.18. The van der Waals surface area contributed by atoms with Gasteiger partial charge in [-0.15, -0.1) is 0 Å². The molecule has 5 heteroatoms. The maximum atomic E-state index is 10.6. The summed E-state index contributed by atoms with van der Waals surface area (Å²) >= 11 is 3.37. The smallest absolute Gasteiger partial charge is 0.271 e. The molecular weight excluding hydrogens is 272 g/mol. The van der Waals surface area contributed by atoms with Crippen LogP contribution in [0.25, 0.3) is 0 Å². The van der Waals surface area contributed by atoms with Crippen LogP contribution in [0.3, 0.4) is 0 Å². The highest BCUT2D eigenvalue weighted by molar-refractivity contribution is 9.10. The van der Waals surface area contributed by atoms with Crippen LogP contribution in [0.5, 0.6) is 0 Å². The second-order valence-corrected chi connectivity index (χ2v) is 4.61. The third-order valence-electron chi connectivity index (χ3n) is 2.28. The Morgan fingerprint density at radius 1 is 1.56 bits per heavy atom. The van der Waals surface area contributed by atoms with E-state index in [9.17, 15) is 10.1 Å². The van der Waals surface area contributed by atoms with Crippen molar-refractivity contribution in [2.45, 2.75) is 32.7 Å². The molecule has 1 N–H and O–H groups in total. The molecule has 0 bridgehead atoms. The van der Waals surface area contributed by atoms with Gasteiger partial charge in [-0.2, -0.15) is 0 Å². The Labute approximate surface area is 103 Å². The fourth-order valence-electron chi connectivity index (χ4n) is 1.51. The van der Waals surface area contributed by atoms with Gasteiger partial charge in [0.2, 0.25) is 0 Å². The Morgan fingerprint density at radius 2 is 2.25 bits per heavy atom. The van der Waals surface area contributed by atoms with Gasteiger partial charge in [0.1, 0.15) is 0 Å². The Morgan fingerprint density at radius 3 is 2.81 bits per heavy atom. The predicted molar refractivity (Wildman–Crippen MR) is 68.8 cm³/mol. The molecule has 0 saturated heterocycles. The maximum Gasteiger partial charge on any atom is 0.271 e. The van der Waals surface area contributed by atoms with Crippen LogP contribution in [0.2, 0.25) is 0 Å². The molecule has 0 aliphatic rings. The third kappa shape index (κ3) is 3.48. The van der Waals surface area contributed by atoms with Crippen molar-refractivity contribution in [3.05, 3.63) is 32.8 Å². The molecule has 0 radical (unpaired) electrons. The summed E-state index contributed by atoms with van der Waals surface area (Å²) in [4.78, 5) is 10.3. The molecule has 0 aromatic heterocycles. The van der Waals surface area contributed by atoms with Gasteiger partial charge in [-0.05, 0) is 35.3 Å². The van der Waals surface area contributed by atoms with Gasteiger partial charge in [-0.25, -0.2) is 0 Å². The lowest BCUT2D eigenvalue weighted by Crippen LogP contribution is -2.14. The first kappa shape index (κ1) is 13.0. The Balaban J connectivity index is 2.85. The number of nitrogens with one attached hydrogen (secondary N) is 1. The van der Waals surface area contributed by atoms with Crippen LogP contribution in [0.1, 0.15) is 26.7 Å². The zero-order chi connectivity index (χ0) is 12.1. The summed E-state index contributed by atoms with van der Waals surface area (Å²) in [6.07, 6.45) is 2.12. The summed E-state index contributed by atoms with van der Waals surface area (Å²) < 4.78 is 0.848. The molecule has 1 aromatic rings. The molecule has 4 nitrogen and oxygen atoms in total. The molecule has 0 heterocycles. The highest BCUT2D eigenvalue weighted by Crippen LogP contribution is 2.27. The number of nitro groups is 1. The number of hydrogen-bond donors (Lipinski definition) is 1. The Kier molecular flexibility index (Phi) is 4.73. The largest absolute Gasteiger partial charge is 0.381 e. The molecular formula is C11H15BrN2O2. The lowest BCUT2D eigenvalue weighted by atomic mass is 10.2. The van der Waals surface area contributed by atoms with Gasteiger partial charge in [0, 0.05) is 22.6 Å². The van der Waals surface area contributed by atoms with Gasteiger partial charge in [0.25, 0.3) is 5.69 Å². The monoisotopic (exact) mass is 286 g/mol. The number of nitro benzene ring substituents is 1. The number of halogens is 1. The van der Waals surface area contributed by atoms with Gasteiger partial charge in [0.15, 0.2) is 0 Å². The molecule has 0 aliphatic carbocycles. The van der Waals surface area contributed by atoms with E-state index in [2.05, 4.69) is 35.1 Å². The number of hydrogen-bond acceptors (Lipinski definition) is 3. The van der Waals surface area contributed by atoms with Crippen LogP contribution in [-0.4, -0.2) is 11.0 Å². The van der Waals surface area contributed by atoms with Crippen LogP contribution in [0, 0.1) is 10.1 Å². The van der Waals surface area contributed by atoms with Crippen LogP contribution in [0.4, 0.5) is 11.4 Å². The van der Waals surface area contributed by atoms with Crippen molar-refractivity contribution in [3.8, 4) is 0 Å². The minimum Gasteiger partial charge on any atom is -0.381 e. The van der Waals surface area contributed by atoms with E-state index in [1.54, 1.807) is 12.1 Å². The number of nitrogens with zero attached hydrogens (tertiary/aromatic N) is 1. The highest BCUT2D eigenvalue weighted by atomic mass is 79.9. The molecule has 16 heavy (non-hydrogen) atoms. The van der Waals surface area contributed by atoms with E-state index >= 15 is 0 Å². The van der Waals surface area contributed by atoms with E-state index in [0.717, 1.165) is 23.0 Å². The van der Waals surface area contributed by atoms with E-state index in [1.165, 1.54) is 6.07 Å². The van der Waals surface area contributed by atoms with E-state index < -0.39 is 0 Å². The lowest BCUT2D eigenvalue weighted by Gasteiger charge is -2.15. The average molecular weight is 287 g/mol. The van der Waals surface area contributed by atoms with Crippen molar-refractivity contribution in [3.63, 3.8) is 0 Å². The van der Waals surface area contributed by atoms with Gasteiger partial charge >= 0.3 is 0 Å². The van der Waals surface area contributed by atoms with Crippen LogP contribution in [0.15, 0.2) is 22.7 Å². The predicted octanol–water partition coefficient (Wildman–Crippen LogP) is 3.96. The Hall–Kier alpha value is -1.10. The van der Waals surface area contributed by atoms with Crippen molar-refractivity contribution in [1.82, 2.24) is 0 Å². The van der Waals surface area contributed by atoms with Crippen molar-refractivity contribution in [2.24, 2.45) is 0 Å². The molecule has 0 aliphatic heterocycles. The standard InChI is InChI=1S/C11H15BrN2O2/c1-3-4-8(2)13-11-7-9(14(15)16)5-6-10(11)12/h5-8,13H,3-4H2,1-2H3. The first-order valence-electron chi connectivity index (χ1n) is 5.25. The highest BCUT2D eigenvalue weighted by Gasteiger charge is 2.10. The first-order valence-corrected chi connectivity index (χ1v) is 6.04. The molecule has 1 atom stereocenters. The molecule has 88 valence electrons. The van der Waals surface area contributed by atoms with Crippen LogP contribution >= 0.6 is 15.9 Å². The number of rotatable bonds is 5. The summed E-state index contributed by atoms with van der Waals surface area (Å²) in [5.74, 6) is 0. The quantitative estimate of drug-likeness (QED) is 0.658. The molecule has 0 saturated carbocycles. The lowest BCUT2D eigenvalue weighted by molar-refractivity contribution is -0.384. The average Bonchev–Trinajstić information content (AvgIpc) is 2.21. The summed E-state index contributed by atoms with van der Waals surface area (Å²) in [7, 11) is 0. The van der Waals surface area contributed by atoms with Crippen molar-refractivity contribution >= 4 is 27.3 Å². The first-order chi connectivity index (χ1) is 7.54. The van der Waals surface area contributed by atoms with Crippen molar-refractivity contribution in [1.29, 1.82) is 0 Å². The molecule has 1 unspecified atom stereocenters. The zero-order valence-electron chi connectivity index (χ0n) is 9.37. The van der Waals surface area contributed by atoms with E-state index in [1.807, 2.05) is 0 Å². The van der Waals surface area contributed by atoms with Crippen molar-refractivity contribution < 1.29 is 4.92 Å². The molecule has 0 spiro atoms. The van der Waals surface area contributed by atoms with Crippen LogP contribution < -0.4 is 5.32 Å². The minimum atomic E-state index is -0.387. The summed E-state index contributed by atoms with van der Waals surface area (Å²) in [6, 6.07) is 5.04. The SMILES string of the molecule is CCCC(C)Nc1cc([N+](=O)[O-])ccc1Br. The second kappa shape index (κ2) is 5.84. The molecule has 1 aromatic carbocycles. The van der Waals surface area contributed by atoms with Gasteiger partial charge < -0.3 is 5.32 Å². The van der Waals surface area contributed by atoms with E-state index in [-0.39, 0.29) is 10.6 Å². The van der Waals surface area contributed by atoms with E-state index in [0.29, 0.717) is 6.04 Å². The van der Waals surface area contributed by atoms with Gasteiger partial charge in [-0.1, -0.05) is 13.3 Å². The fraction of sp³-hybridized carbons (Fsp3) is 0.455. The van der Waals surface area contributed by atoms with Crippen molar-refractivity contribution in [2.75, 3.05) is 5.32 Å². The van der Waals surface area contributed by atoms with E-state index in [4.69, 9.17) is 0 Å². The minimum absolute atomic E-state index is 0.106. The molecule has 0 fully saturated rings. The molecule has 1 rings (SSSR count). The number of anilines is 1. The molecule has 0 amide bonds. The normalized spacial score (nSPS) is 12.2. The summed E-state index contributed by atoms with van der Waals surface area (Å²) in [5.41, 5.74) is 0.879. The third-order valence-corrected chi connectivity index (χ3v) is 2.98.